The van der Waals surface area contributed by atoms with E-state index in [2.05, 4.69) is 19.1 Å². The monoisotopic (exact) mass is 350 g/mol. The number of nitrogens with zero attached hydrogens (tertiary/aromatic N) is 2. The number of amides is 1. The van der Waals surface area contributed by atoms with Crippen LogP contribution in [0.2, 0.25) is 0 Å². The van der Waals surface area contributed by atoms with Crippen molar-refractivity contribution in [3.05, 3.63) is 35.9 Å². The van der Waals surface area contributed by atoms with E-state index in [9.17, 15) is 13.2 Å². The standard InChI is InChI=1S/C18H26N2O3S/c1-2-16(15-8-4-3-5-9-15)17-10-6-12-20(17)18(21)14-19-11-7-13-24(19,22)23/h3-5,8-9,16-17H,2,6-7,10-14H2,1H3. The fourth-order valence-electron chi connectivity index (χ4n) is 4.06. The molecule has 0 bridgehead atoms. The van der Waals surface area contributed by atoms with Gasteiger partial charge >= 0.3 is 0 Å². The number of hydrogen-bond donors (Lipinski definition) is 0. The molecule has 2 atom stereocenters. The number of carbonyl (C=O) groups is 1. The van der Waals surface area contributed by atoms with Crippen LogP contribution in [0.25, 0.3) is 0 Å². The summed E-state index contributed by atoms with van der Waals surface area (Å²) in [7, 11) is -3.22. The van der Waals surface area contributed by atoms with Gasteiger partial charge in [-0.2, -0.15) is 4.31 Å². The predicted molar refractivity (Wildman–Crippen MR) is 94.2 cm³/mol. The largest absolute Gasteiger partial charge is 0.338 e. The lowest BCUT2D eigenvalue weighted by molar-refractivity contribution is -0.132. The third-order valence-corrected chi connectivity index (χ3v) is 7.17. The van der Waals surface area contributed by atoms with E-state index in [1.54, 1.807) is 0 Å². The smallest absolute Gasteiger partial charge is 0.238 e. The van der Waals surface area contributed by atoms with Crippen LogP contribution in [0.4, 0.5) is 0 Å². The van der Waals surface area contributed by atoms with Crippen molar-refractivity contribution in [3.8, 4) is 0 Å². The van der Waals surface area contributed by atoms with Gasteiger partial charge < -0.3 is 4.90 Å². The van der Waals surface area contributed by atoms with Gasteiger partial charge in [-0.1, -0.05) is 37.3 Å². The minimum atomic E-state index is -3.22. The highest BCUT2D eigenvalue weighted by molar-refractivity contribution is 7.89. The van der Waals surface area contributed by atoms with Crippen molar-refractivity contribution in [1.29, 1.82) is 0 Å². The zero-order chi connectivity index (χ0) is 17.2. The summed E-state index contributed by atoms with van der Waals surface area (Å²) in [6.45, 7) is 3.37. The molecule has 24 heavy (non-hydrogen) atoms. The van der Waals surface area contributed by atoms with Crippen LogP contribution in [0, 0.1) is 0 Å². The summed E-state index contributed by atoms with van der Waals surface area (Å²) in [4.78, 5) is 14.7. The highest BCUT2D eigenvalue weighted by Crippen LogP contribution is 2.33. The Hall–Kier alpha value is -1.40. The summed E-state index contributed by atoms with van der Waals surface area (Å²) < 4.78 is 25.3. The Bertz CT molecular complexity index is 675. The Morgan fingerprint density at radius 2 is 1.96 bits per heavy atom. The second kappa shape index (κ2) is 7.23. The minimum absolute atomic E-state index is 0.00403. The van der Waals surface area contributed by atoms with Crippen LogP contribution in [0.3, 0.4) is 0 Å². The molecule has 2 unspecified atom stereocenters. The molecule has 0 N–H and O–H groups in total. The Morgan fingerprint density at radius 1 is 1.21 bits per heavy atom. The van der Waals surface area contributed by atoms with E-state index in [4.69, 9.17) is 0 Å². The molecule has 3 rings (SSSR count). The van der Waals surface area contributed by atoms with Gasteiger partial charge in [-0.25, -0.2) is 8.42 Å². The lowest BCUT2D eigenvalue weighted by Crippen LogP contribution is -2.45. The van der Waals surface area contributed by atoms with Crippen molar-refractivity contribution >= 4 is 15.9 Å². The molecule has 1 aromatic rings. The van der Waals surface area contributed by atoms with Gasteiger partial charge in [0.1, 0.15) is 0 Å². The summed E-state index contributed by atoms with van der Waals surface area (Å²) in [6, 6.07) is 10.5. The first-order valence-electron chi connectivity index (χ1n) is 8.85. The first-order chi connectivity index (χ1) is 11.5. The van der Waals surface area contributed by atoms with Gasteiger partial charge in [0.05, 0.1) is 12.3 Å². The quantitative estimate of drug-likeness (QED) is 0.818. The van der Waals surface area contributed by atoms with Gasteiger partial charge in [0.2, 0.25) is 15.9 Å². The fourth-order valence-corrected chi connectivity index (χ4v) is 5.53. The normalized spacial score (nSPS) is 25.0. The molecule has 5 nitrogen and oxygen atoms in total. The topological polar surface area (TPSA) is 57.7 Å². The van der Waals surface area contributed by atoms with Crippen molar-refractivity contribution in [2.45, 2.75) is 44.6 Å². The van der Waals surface area contributed by atoms with Crippen LogP contribution in [-0.4, -0.2) is 55.0 Å². The van der Waals surface area contributed by atoms with Crippen LogP contribution >= 0.6 is 0 Å². The molecule has 0 saturated carbocycles. The first kappa shape index (κ1) is 17.4. The van der Waals surface area contributed by atoms with E-state index in [1.165, 1.54) is 9.87 Å². The van der Waals surface area contributed by atoms with Gasteiger partial charge in [-0.05, 0) is 31.2 Å². The summed E-state index contributed by atoms with van der Waals surface area (Å²) >= 11 is 0. The predicted octanol–water partition coefficient (Wildman–Crippen LogP) is 2.21. The maximum absolute atomic E-state index is 12.8. The van der Waals surface area contributed by atoms with Gasteiger partial charge in [-0.15, -0.1) is 0 Å². The van der Waals surface area contributed by atoms with Crippen LogP contribution in [0.1, 0.15) is 44.1 Å². The van der Waals surface area contributed by atoms with Crippen molar-refractivity contribution in [2.24, 2.45) is 0 Å². The molecule has 132 valence electrons. The minimum Gasteiger partial charge on any atom is -0.338 e. The van der Waals surface area contributed by atoms with Crippen molar-refractivity contribution in [1.82, 2.24) is 9.21 Å². The SMILES string of the molecule is CCC(c1ccccc1)C1CCCN1C(=O)CN1CCCS1(=O)=O. The Morgan fingerprint density at radius 3 is 2.58 bits per heavy atom. The molecule has 0 spiro atoms. The van der Waals surface area contributed by atoms with Crippen LogP contribution < -0.4 is 0 Å². The molecule has 2 heterocycles. The second-order valence-corrected chi connectivity index (χ2v) is 8.81. The third-order valence-electron chi connectivity index (χ3n) is 5.27. The van der Waals surface area contributed by atoms with Crippen molar-refractivity contribution < 1.29 is 13.2 Å². The number of likely N-dealkylation sites (tertiary alicyclic amines) is 1. The molecule has 0 radical (unpaired) electrons. The summed E-state index contributed by atoms with van der Waals surface area (Å²) in [5.74, 6) is 0.441. The summed E-state index contributed by atoms with van der Waals surface area (Å²) in [5, 5.41) is 0. The van der Waals surface area contributed by atoms with E-state index in [0.29, 0.717) is 18.9 Å². The molecule has 6 heteroatoms. The van der Waals surface area contributed by atoms with E-state index >= 15 is 0 Å². The van der Waals surface area contributed by atoms with E-state index < -0.39 is 10.0 Å². The molecular formula is C18H26N2O3S. The highest BCUT2D eigenvalue weighted by Gasteiger charge is 2.37. The zero-order valence-electron chi connectivity index (χ0n) is 14.2. The molecular weight excluding hydrogens is 324 g/mol. The maximum Gasteiger partial charge on any atom is 0.238 e. The maximum atomic E-state index is 12.8. The first-order valence-corrected chi connectivity index (χ1v) is 10.5. The fraction of sp³-hybridized carbons (Fsp3) is 0.611. The summed E-state index contributed by atoms with van der Waals surface area (Å²) in [5.41, 5.74) is 1.26. The molecule has 2 aliphatic rings. The second-order valence-electron chi connectivity index (χ2n) is 6.73. The highest BCUT2D eigenvalue weighted by atomic mass is 32.2. The third kappa shape index (κ3) is 3.49. The number of hydrogen-bond acceptors (Lipinski definition) is 3. The molecule has 0 aliphatic carbocycles. The van der Waals surface area contributed by atoms with Gasteiger partial charge in [0.25, 0.3) is 0 Å². The van der Waals surface area contributed by atoms with E-state index in [0.717, 1.165) is 25.8 Å². The Kier molecular flexibility index (Phi) is 5.25. The van der Waals surface area contributed by atoms with Crippen molar-refractivity contribution in [2.75, 3.05) is 25.4 Å². The molecule has 2 saturated heterocycles. The van der Waals surface area contributed by atoms with Gasteiger partial charge in [0, 0.05) is 25.0 Å². The number of sulfonamides is 1. The van der Waals surface area contributed by atoms with E-state index in [1.807, 2.05) is 23.1 Å². The van der Waals surface area contributed by atoms with E-state index in [-0.39, 0.29) is 24.2 Å². The molecule has 0 aromatic heterocycles. The van der Waals surface area contributed by atoms with Crippen LogP contribution in [0.5, 0.6) is 0 Å². The Labute approximate surface area is 144 Å². The summed E-state index contributed by atoms with van der Waals surface area (Å²) in [6.07, 6.45) is 3.58. The average molecular weight is 350 g/mol. The van der Waals surface area contributed by atoms with Crippen molar-refractivity contribution in [3.63, 3.8) is 0 Å². The molecule has 2 aliphatic heterocycles. The number of rotatable bonds is 5. The van der Waals surface area contributed by atoms with Crippen LogP contribution in [0.15, 0.2) is 30.3 Å². The Balaban J connectivity index is 1.74. The lowest BCUT2D eigenvalue weighted by atomic mass is 9.87. The van der Waals surface area contributed by atoms with Crippen LogP contribution in [-0.2, 0) is 14.8 Å². The zero-order valence-corrected chi connectivity index (χ0v) is 15.0. The van der Waals surface area contributed by atoms with Gasteiger partial charge in [-0.3, -0.25) is 4.79 Å². The average Bonchev–Trinajstić information content (AvgIpc) is 3.16. The van der Waals surface area contributed by atoms with Gasteiger partial charge in [0.15, 0.2) is 0 Å². The lowest BCUT2D eigenvalue weighted by Gasteiger charge is -2.32. The molecule has 1 aromatic carbocycles. The molecule has 1 amide bonds. The molecule has 2 fully saturated rings. The number of benzene rings is 1. The number of carbonyl (C=O) groups excluding carboxylic acids is 1.